The fourth-order valence-corrected chi connectivity index (χ4v) is 1.93. The van der Waals surface area contributed by atoms with Gasteiger partial charge in [0.05, 0.1) is 5.54 Å². The van der Waals surface area contributed by atoms with Gasteiger partial charge in [0.25, 0.3) is 5.91 Å². The van der Waals surface area contributed by atoms with Crippen molar-refractivity contribution >= 4 is 29.1 Å². The van der Waals surface area contributed by atoms with Gasteiger partial charge in [-0.25, -0.2) is 0 Å². The molecule has 0 aliphatic carbocycles. The van der Waals surface area contributed by atoms with Crippen LogP contribution < -0.4 is 5.32 Å². The highest BCUT2D eigenvalue weighted by molar-refractivity contribution is 6.22. The smallest absolute Gasteiger partial charge is 0.252 e. The molecule has 1 N–H and O–H groups in total. The third-order valence-electron chi connectivity index (χ3n) is 2.63. The molecule has 1 rings (SSSR count). The molecule has 0 bridgehead atoms. The number of halogens is 2. The molecule has 0 spiro atoms. The minimum atomic E-state index is -0.572. The molecule has 0 saturated heterocycles. The average Bonchev–Trinajstić information content (AvgIpc) is 2.28. The molecular weight excluding hydrogens is 257 g/mol. The summed E-state index contributed by atoms with van der Waals surface area (Å²) in [6, 6.07) is 5.72. The first-order valence-corrected chi connectivity index (χ1v) is 6.50. The number of aryl methyl sites for hydroxylation is 2. The van der Waals surface area contributed by atoms with Crippen LogP contribution >= 0.6 is 23.2 Å². The molecule has 0 radical (unpaired) electrons. The molecule has 1 amide bonds. The summed E-state index contributed by atoms with van der Waals surface area (Å²) in [6.07, 6.45) is 0. The number of hydrogen-bond donors (Lipinski definition) is 1. The van der Waals surface area contributed by atoms with Gasteiger partial charge in [0.1, 0.15) is 0 Å². The van der Waals surface area contributed by atoms with Gasteiger partial charge in [-0.2, -0.15) is 0 Å². The lowest BCUT2D eigenvalue weighted by Gasteiger charge is -2.26. The summed E-state index contributed by atoms with van der Waals surface area (Å²) < 4.78 is 0. The van der Waals surface area contributed by atoms with Gasteiger partial charge in [-0.05, 0) is 32.4 Å². The number of hydrogen-bond acceptors (Lipinski definition) is 1. The van der Waals surface area contributed by atoms with E-state index in [1.165, 1.54) is 0 Å². The highest BCUT2D eigenvalue weighted by Gasteiger charge is 2.25. The maximum absolute atomic E-state index is 12.1. The third-order valence-corrected chi connectivity index (χ3v) is 3.81. The Morgan fingerprint density at radius 1 is 1.29 bits per heavy atom. The van der Waals surface area contributed by atoms with Crippen molar-refractivity contribution in [1.29, 1.82) is 0 Å². The topological polar surface area (TPSA) is 29.1 Å². The van der Waals surface area contributed by atoms with Crippen LogP contribution in [0.4, 0.5) is 0 Å². The molecule has 0 aliphatic heterocycles. The minimum absolute atomic E-state index is 0.133. The monoisotopic (exact) mass is 273 g/mol. The van der Waals surface area contributed by atoms with Crippen LogP contribution in [-0.2, 0) is 0 Å². The number of alkyl halides is 2. The summed E-state index contributed by atoms with van der Waals surface area (Å²) in [5.41, 5.74) is 2.18. The van der Waals surface area contributed by atoms with E-state index in [9.17, 15) is 4.79 Å². The van der Waals surface area contributed by atoms with Crippen LogP contribution in [-0.4, -0.2) is 23.2 Å². The Bertz CT molecular complexity index is 414. The maximum Gasteiger partial charge on any atom is 0.252 e. The average molecular weight is 274 g/mol. The summed E-state index contributed by atoms with van der Waals surface area (Å²) in [4.78, 5) is 12.1. The predicted octanol–water partition coefficient (Wildman–Crippen LogP) is 3.27. The summed E-state index contributed by atoms with van der Waals surface area (Å²) in [5.74, 6) is 0.437. The number of carbonyl (C=O) groups is 1. The zero-order valence-corrected chi connectivity index (χ0v) is 11.8. The number of carbonyl (C=O) groups excluding carboxylic acids is 1. The van der Waals surface area contributed by atoms with E-state index in [-0.39, 0.29) is 17.7 Å². The molecule has 2 nitrogen and oxygen atoms in total. The maximum atomic E-state index is 12.1. The number of amides is 1. The van der Waals surface area contributed by atoms with Crippen molar-refractivity contribution in [3.63, 3.8) is 0 Å². The summed E-state index contributed by atoms with van der Waals surface area (Å²) in [5, 5.41) is 2.87. The van der Waals surface area contributed by atoms with E-state index >= 15 is 0 Å². The van der Waals surface area contributed by atoms with E-state index in [0.29, 0.717) is 5.56 Å². The van der Waals surface area contributed by atoms with Crippen LogP contribution in [0.2, 0.25) is 0 Å². The highest BCUT2D eigenvalue weighted by Crippen LogP contribution is 2.14. The van der Waals surface area contributed by atoms with E-state index in [2.05, 4.69) is 5.32 Å². The van der Waals surface area contributed by atoms with E-state index in [1.54, 1.807) is 0 Å². The van der Waals surface area contributed by atoms with Crippen molar-refractivity contribution in [1.82, 2.24) is 5.32 Å². The minimum Gasteiger partial charge on any atom is -0.344 e. The molecule has 4 heteroatoms. The summed E-state index contributed by atoms with van der Waals surface area (Å²) in [6.45, 7) is 5.74. The Labute approximate surface area is 112 Å². The zero-order valence-electron chi connectivity index (χ0n) is 10.3. The normalized spacial score (nSPS) is 11.4. The van der Waals surface area contributed by atoms with Crippen LogP contribution in [0.5, 0.6) is 0 Å². The highest BCUT2D eigenvalue weighted by atomic mass is 35.5. The van der Waals surface area contributed by atoms with Crippen LogP contribution in [0, 0.1) is 13.8 Å². The molecule has 0 unspecified atom stereocenters. The number of benzene rings is 1. The third kappa shape index (κ3) is 3.62. The van der Waals surface area contributed by atoms with E-state index in [1.807, 2.05) is 39.0 Å². The molecule has 0 saturated carbocycles. The van der Waals surface area contributed by atoms with Gasteiger partial charge >= 0.3 is 0 Å². The second-order valence-corrected chi connectivity index (χ2v) is 5.13. The second kappa shape index (κ2) is 5.74. The second-order valence-electron chi connectivity index (χ2n) is 4.60. The van der Waals surface area contributed by atoms with E-state index < -0.39 is 5.54 Å². The van der Waals surface area contributed by atoms with Crippen molar-refractivity contribution in [3.05, 3.63) is 34.9 Å². The van der Waals surface area contributed by atoms with Gasteiger partial charge < -0.3 is 5.32 Å². The van der Waals surface area contributed by atoms with Crippen molar-refractivity contribution in [2.75, 3.05) is 11.8 Å². The molecular formula is C13H17Cl2NO. The first kappa shape index (κ1) is 14.3. The van der Waals surface area contributed by atoms with Crippen molar-refractivity contribution in [2.24, 2.45) is 0 Å². The quantitative estimate of drug-likeness (QED) is 0.839. The molecule has 0 aromatic heterocycles. The van der Waals surface area contributed by atoms with Gasteiger partial charge in [-0.15, -0.1) is 23.2 Å². The number of nitrogens with one attached hydrogen (secondary N) is 1. The molecule has 0 aliphatic rings. The van der Waals surface area contributed by atoms with Gasteiger partial charge in [0.2, 0.25) is 0 Å². The number of rotatable bonds is 4. The Morgan fingerprint density at radius 2 is 1.88 bits per heavy atom. The molecule has 94 valence electrons. The van der Waals surface area contributed by atoms with Gasteiger partial charge in [-0.1, -0.05) is 17.7 Å². The van der Waals surface area contributed by atoms with Crippen molar-refractivity contribution < 1.29 is 4.79 Å². The fraction of sp³-hybridized carbons (Fsp3) is 0.462. The Kier molecular flexibility index (Phi) is 4.84. The van der Waals surface area contributed by atoms with Crippen LogP contribution in [0.25, 0.3) is 0 Å². The summed E-state index contributed by atoms with van der Waals surface area (Å²) >= 11 is 11.6. The SMILES string of the molecule is Cc1ccc(C(=O)NC(C)(CCl)CCl)c(C)c1. The molecule has 17 heavy (non-hydrogen) atoms. The van der Waals surface area contributed by atoms with Gasteiger partial charge in [0.15, 0.2) is 0 Å². The molecule has 0 fully saturated rings. The predicted molar refractivity (Wildman–Crippen MR) is 73.2 cm³/mol. The molecule has 1 aromatic carbocycles. The largest absolute Gasteiger partial charge is 0.344 e. The lowest BCUT2D eigenvalue weighted by molar-refractivity contribution is 0.0921. The molecule has 0 heterocycles. The Balaban J connectivity index is 2.90. The Morgan fingerprint density at radius 3 is 2.35 bits per heavy atom. The lowest BCUT2D eigenvalue weighted by atomic mass is 10.0. The van der Waals surface area contributed by atoms with Crippen LogP contribution in [0.3, 0.4) is 0 Å². The molecule has 0 atom stereocenters. The molecule has 1 aromatic rings. The van der Waals surface area contributed by atoms with Crippen molar-refractivity contribution in [3.8, 4) is 0 Å². The van der Waals surface area contributed by atoms with Crippen molar-refractivity contribution in [2.45, 2.75) is 26.3 Å². The van der Waals surface area contributed by atoms with Gasteiger partial charge in [0, 0.05) is 17.3 Å². The fourth-order valence-electron chi connectivity index (χ4n) is 1.51. The standard InChI is InChI=1S/C13H17Cl2NO/c1-9-4-5-11(10(2)6-9)12(17)16-13(3,7-14)8-15/h4-6H,7-8H2,1-3H3,(H,16,17). The zero-order chi connectivity index (χ0) is 13.1. The first-order chi connectivity index (χ1) is 7.91. The van der Waals surface area contributed by atoms with E-state index in [0.717, 1.165) is 11.1 Å². The lowest BCUT2D eigenvalue weighted by Crippen LogP contribution is -2.49. The Hall–Kier alpha value is -0.730. The van der Waals surface area contributed by atoms with E-state index in [4.69, 9.17) is 23.2 Å². The van der Waals surface area contributed by atoms with Crippen LogP contribution in [0.15, 0.2) is 18.2 Å². The first-order valence-electron chi connectivity index (χ1n) is 5.43. The van der Waals surface area contributed by atoms with Crippen LogP contribution in [0.1, 0.15) is 28.4 Å². The summed E-state index contributed by atoms with van der Waals surface area (Å²) in [7, 11) is 0. The van der Waals surface area contributed by atoms with Gasteiger partial charge in [-0.3, -0.25) is 4.79 Å².